The zero-order valence-electron chi connectivity index (χ0n) is 18.8. The lowest BCUT2D eigenvalue weighted by Crippen LogP contribution is -2.26. The van der Waals surface area contributed by atoms with Gasteiger partial charge in [-0.15, -0.1) is 0 Å². The molecule has 2 heteroatoms. The summed E-state index contributed by atoms with van der Waals surface area (Å²) in [5, 5.41) is 0. The third-order valence-electron chi connectivity index (χ3n) is 7.70. The van der Waals surface area contributed by atoms with Crippen LogP contribution in [0, 0.1) is 23.7 Å². The van der Waals surface area contributed by atoms with Crippen LogP contribution in [0.5, 0.6) is 5.75 Å². The molecule has 0 heterocycles. The summed E-state index contributed by atoms with van der Waals surface area (Å²) >= 11 is 0. The highest BCUT2D eigenvalue weighted by Gasteiger charge is 2.30. The largest absolute Gasteiger partial charge is 0.427 e. The Bertz CT molecular complexity index is 589. The van der Waals surface area contributed by atoms with E-state index < -0.39 is 0 Å². The van der Waals surface area contributed by atoms with Crippen LogP contribution in [0.2, 0.25) is 0 Å². The molecule has 0 unspecified atom stereocenters. The van der Waals surface area contributed by atoms with Gasteiger partial charge in [0.25, 0.3) is 0 Å². The van der Waals surface area contributed by atoms with Crippen molar-refractivity contribution in [3.05, 3.63) is 29.8 Å². The number of unbranched alkanes of at least 4 members (excludes halogenated alkanes) is 1. The minimum atomic E-state index is -0.163. The van der Waals surface area contributed by atoms with E-state index in [1.54, 1.807) is 0 Å². The number of rotatable bonds is 9. The summed E-state index contributed by atoms with van der Waals surface area (Å²) in [4.78, 5) is 11.4. The van der Waals surface area contributed by atoms with Crippen molar-refractivity contribution in [3.8, 4) is 5.75 Å². The first-order valence-corrected chi connectivity index (χ1v) is 12.5. The van der Waals surface area contributed by atoms with E-state index in [4.69, 9.17) is 4.74 Å². The van der Waals surface area contributed by atoms with Crippen LogP contribution in [0.15, 0.2) is 24.3 Å². The second-order valence-corrected chi connectivity index (χ2v) is 9.71. The van der Waals surface area contributed by atoms with E-state index in [-0.39, 0.29) is 5.97 Å². The zero-order chi connectivity index (χ0) is 20.5. The lowest BCUT2D eigenvalue weighted by Gasteiger charge is -2.38. The van der Waals surface area contributed by atoms with Crippen LogP contribution in [0.4, 0.5) is 0 Å². The van der Waals surface area contributed by atoms with Crippen LogP contribution in [0.1, 0.15) is 103 Å². The van der Waals surface area contributed by atoms with Crippen molar-refractivity contribution in [1.29, 1.82) is 0 Å². The standard InChI is InChI=1S/C27H42O2/c1-3-5-6-21-9-15-24(16-10-21)25-17-11-22(12-18-25)7-8-23-13-19-26(20-14-23)29-27(28)4-2/h13-14,19-22,24-25H,3-12,15-18H2,1-2H3. The van der Waals surface area contributed by atoms with Gasteiger partial charge < -0.3 is 4.74 Å². The number of carbonyl (C=O) groups excluding carboxylic acids is 1. The Hall–Kier alpha value is -1.31. The Balaban J connectivity index is 1.33. The number of hydrogen-bond acceptors (Lipinski definition) is 2. The van der Waals surface area contributed by atoms with E-state index in [0.717, 1.165) is 30.1 Å². The Morgan fingerprint density at radius 3 is 1.90 bits per heavy atom. The molecule has 0 atom stereocenters. The molecule has 0 aliphatic heterocycles. The molecule has 0 spiro atoms. The predicted octanol–water partition coefficient (Wildman–Crippen LogP) is 7.74. The van der Waals surface area contributed by atoms with Gasteiger partial charge >= 0.3 is 5.97 Å². The van der Waals surface area contributed by atoms with Gasteiger partial charge in [0, 0.05) is 6.42 Å². The average molecular weight is 399 g/mol. The van der Waals surface area contributed by atoms with Gasteiger partial charge in [-0.05, 0) is 79.9 Å². The normalized spacial score (nSPS) is 27.5. The van der Waals surface area contributed by atoms with Crippen LogP contribution in [0.3, 0.4) is 0 Å². The summed E-state index contributed by atoms with van der Waals surface area (Å²) in [7, 11) is 0. The molecular weight excluding hydrogens is 356 g/mol. The summed E-state index contributed by atoms with van der Waals surface area (Å²) < 4.78 is 5.27. The number of esters is 1. The fourth-order valence-corrected chi connectivity index (χ4v) is 5.69. The second-order valence-electron chi connectivity index (χ2n) is 9.71. The van der Waals surface area contributed by atoms with Gasteiger partial charge in [-0.3, -0.25) is 4.79 Å². The smallest absolute Gasteiger partial charge is 0.310 e. The van der Waals surface area contributed by atoms with Crippen molar-refractivity contribution in [2.75, 3.05) is 0 Å². The molecule has 2 nitrogen and oxygen atoms in total. The van der Waals surface area contributed by atoms with Gasteiger partial charge in [-0.2, -0.15) is 0 Å². The molecule has 2 fully saturated rings. The van der Waals surface area contributed by atoms with E-state index in [0.29, 0.717) is 12.2 Å². The molecule has 29 heavy (non-hydrogen) atoms. The highest BCUT2D eigenvalue weighted by atomic mass is 16.5. The predicted molar refractivity (Wildman–Crippen MR) is 121 cm³/mol. The van der Waals surface area contributed by atoms with Gasteiger partial charge in [0.05, 0.1) is 0 Å². The molecule has 1 aromatic carbocycles. The fourth-order valence-electron chi connectivity index (χ4n) is 5.69. The third-order valence-corrected chi connectivity index (χ3v) is 7.70. The van der Waals surface area contributed by atoms with Crippen molar-refractivity contribution < 1.29 is 9.53 Å². The minimum absolute atomic E-state index is 0.163. The highest BCUT2D eigenvalue weighted by Crippen LogP contribution is 2.43. The molecule has 0 radical (unpaired) electrons. The second kappa shape index (κ2) is 11.8. The van der Waals surface area contributed by atoms with Crippen molar-refractivity contribution in [1.82, 2.24) is 0 Å². The maximum Gasteiger partial charge on any atom is 0.310 e. The SMILES string of the molecule is CCCCC1CCC(C2CCC(CCc3ccc(OC(=O)CC)cc3)CC2)CC1. The number of ether oxygens (including phenoxy) is 1. The van der Waals surface area contributed by atoms with E-state index >= 15 is 0 Å². The summed E-state index contributed by atoms with van der Waals surface area (Å²) in [6.45, 7) is 4.15. The first-order chi connectivity index (χ1) is 14.2. The molecule has 2 aliphatic carbocycles. The molecule has 1 aromatic rings. The molecule has 162 valence electrons. The van der Waals surface area contributed by atoms with Crippen molar-refractivity contribution in [2.45, 2.75) is 104 Å². The lowest BCUT2D eigenvalue weighted by atomic mass is 9.68. The Labute approximate surface area is 178 Å². The molecular formula is C27H42O2. The van der Waals surface area contributed by atoms with Crippen LogP contribution in [-0.2, 0) is 11.2 Å². The fraction of sp³-hybridized carbons (Fsp3) is 0.741. The third kappa shape index (κ3) is 7.15. The monoisotopic (exact) mass is 398 g/mol. The number of benzene rings is 1. The van der Waals surface area contributed by atoms with Gasteiger partial charge in [0.2, 0.25) is 0 Å². The molecule has 0 amide bonds. The maximum absolute atomic E-state index is 11.4. The summed E-state index contributed by atoms with van der Waals surface area (Å²) in [5.41, 5.74) is 1.37. The quantitative estimate of drug-likeness (QED) is 0.314. The summed E-state index contributed by atoms with van der Waals surface area (Å²) in [5.74, 6) is 4.51. The van der Waals surface area contributed by atoms with E-state index in [9.17, 15) is 4.79 Å². The average Bonchev–Trinajstić information content (AvgIpc) is 2.78. The zero-order valence-corrected chi connectivity index (χ0v) is 18.8. The van der Waals surface area contributed by atoms with Crippen LogP contribution in [0.25, 0.3) is 0 Å². The maximum atomic E-state index is 11.4. The number of carbonyl (C=O) groups is 1. The molecule has 0 aromatic heterocycles. The number of hydrogen-bond donors (Lipinski definition) is 0. The number of aryl methyl sites for hydroxylation is 1. The highest BCUT2D eigenvalue weighted by molar-refractivity contribution is 5.71. The van der Waals surface area contributed by atoms with Crippen molar-refractivity contribution in [2.24, 2.45) is 23.7 Å². The van der Waals surface area contributed by atoms with Crippen LogP contribution >= 0.6 is 0 Å². The van der Waals surface area contributed by atoms with Crippen molar-refractivity contribution in [3.63, 3.8) is 0 Å². The van der Waals surface area contributed by atoms with E-state index in [2.05, 4.69) is 19.1 Å². The first kappa shape index (κ1) is 22.4. The molecule has 2 saturated carbocycles. The van der Waals surface area contributed by atoms with Crippen molar-refractivity contribution >= 4 is 5.97 Å². The van der Waals surface area contributed by atoms with E-state index in [1.165, 1.54) is 82.6 Å². The van der Waals surface area contributed by atoms with Gasteiger partial charge in [-0.25, -0.2) is 0 Å². The van der Waals surface area contributed by atoms with Crippen LogP contribution in [-0.4, -0.2) is 5.97 Å². The molecule has 0 N–H and O–H groups in total. The summed E-state index contributed by atoms with van der Waals surface area (Å²) in [6, 6.07) is 8.13. The molecule has 0 saturated heterocycles. The Kier molecular flexibility index (Phi) is 9.08. The summed E-state index contributed by atoms with van der Waals surface area (Å²) in [6.07, 6.45) is 19.0. The molecule has 2 aliphatic rings. The minimum Gasteiger partial charge on any atom is -0.427 e. The first-order valence-electron chi connectivity index (χ1n) is 12.5. The Morgan fingerprint density at radius 1 is 0.828 bits per heavy atom. The van der Waals surface area contributed by atoms with Gasteiger partial charge in [0.1, 0.15) is 5.75 Å². The van der Waals surface area contributed by atoms with Gasteiger partial charge in [0.15, 0.2) is 0 Å². The molecule has 0 bridgehead atoms. The van der Waals surface area contributed by atoms with Gasteiger partial charge in [-0.1, -0.05) is 70.9 Å². The van der Waals surface area contributed by atoms with Crippen LogP contribution < -0.4 is 4.74 Å². The van der Waals surface area contributed by atoms with E-state index in [1.807, 2.05) is 19.1 Å². The molecule has 3 rings (SSSR count). The lowest BCUT2D eigenvalue weighted by molar-refractivity contribution is -0.134. The topological polar surface area (TPSA) is 26.3 Å². The Morgan fingerprint density at radius 2 is 1.38 bits per heavy atom.